The summed E-state index contributed by atoms with van der Waals surface area (Å²) in [5.41, 5.74) is 1.49. The first-order chi connectivity index (χ1) is 13.3. The molecule has 0 spiro atoms. The van der Waals surface area contributed by atoms with Crippen molar-refractivity contribution in [3.63, 3.8) is 0 Å². The summed E-state index contributed by atoms with van der Waals surface area (Å²) in [6.07, 6.45) is 3.54. The zero-order valence-electron chi connectivity index (χ0n) is 16.8. The van der Waals surface area contributed by atoms with Gasteiger partial charge >= 0.3 is 0 Å². The third-order valence-corrected chi connectivity index (χ3v) is 7.14. The average Bonchev–Trinajstić information content (AvgIpc) is 2.71. The van der Waals surface area contributed by atoms with Crippen molar-refractivity contribution in [3.8, 4) is 0 Å². The van der Waals surface area contributed by atoms with E-state index in [9.17, 15) is 13.2 Å². The van der Waals surface area contributed by atoms with E-state index in [-0.39, 0.29) is 23.4 Å². The van der Waals surface area contributed by atoms with Crippen LogP contribution in [0.15, 0.2) is 58.3 Å². The fraction of sp³-hybridized carbons (Fsp3) is 0.381. The number of nitrogens with one attached hydrogen (secondary N) is 1. The fourth-order valence-electron chi connectivity index (χ4n) is 2.80. The van der Waals surface area contributed by atoms with Crippen LogP contribution in [0, 0.1) is 6.92 Å². The molecule has 0 saturated carbocycles. The van der Waals surface area contributed by atoms with Gasteiger partial charge in [0, 0.05) is 10.9 Å². The Morgan fingerprint density at radius 3 is 2.11 bits per heavy atom. The number of hydrogen-bond acceptors (Lipinski definition) is 4. The lowest BCUT2D eigenvalue weighted by molar-refractivity contribution is -0.120. The Kier molecular flexibility index (Phi) is 7.95. The number of benzene rings is 2. The van der Waals surface area contributed by atoms with Crippen molar-refractivity contribution in [1.82, 2.24) is 5.32 Å². The van der Waals surface area contributed by atoms with Gasteiger partial charge in [0.25, 0.3) is 10.0 Å². The molecule has 0 saturated heterocycles. The van der Waals surface area contributed by atoms with Gasteiger partial charge in [0.1, 0.15) is 6.54 Å². The van der Waals surface area contributed by atoms with Gasteiger partial charge in [-0.1, -0.05) is 31.5 Å². The number of aryl methyl sites for hydroxylation is 1. The van der Waals surface area contributed by atoms with Gasteiger partial charge in [-0.3, -0.25) is 9.10 Å². The van der Waals surface area contributed by atoms with Gasteiger partial charge in [-0.25, -0.2) is 8.42 Å². The molecule has 1 N–H and O–H groups in total. The van der Waals surface area contributed by atoms with Crippen LogP contribution in [0.2, 0.25) is 0 Å². The molecule has 1 amide bonds. The van der Waals surface area contributed by atoms with Crippen molar-refractivity contribution in [1.29, 1.82) is 0 Å². The maximum Gasteiger partial charge on any atom is 0.264 e. The van der Waals surface area contributed by atoms with Crippen molar-refractivity contribution >= 4 is 33.4 Å². The van der Waals surface area contributed by atoms with Gasteiger partial charge in [0.15, 0.2) is 0 Å². The minimum absolute atomic E-state index is 0.0379. The van der Waals surface area contributed by atoms with Gasteiger partial charge in [-0.05, 0) is 62.4 Å². The monoisotopic (exact) mass is 420 g/mol. The Labute approximate surface area is 172 Å². The molecule has 0 aliphatic heterocycles. The molecule has 7 heteroatoms. The average molecular weight is 421 g/mol. The number of hydrogen-bond donors (Lipinski definition) is 1. The van der Waals surface area contributed by atoms with Gasteiger partial charge in [-0.15, -0.1) is 11.8 Å². The number of carbonyl (C=O) groups excluding carboxylic acids is 1. The smallest absolute Gasteiger partial charge is 0.264 e. The summed E-state index contributed by atoms with van der Waals surface area (Å²) in [5, 5.41) is 2.92. The Hall–Kier alpha value is -1.99. The summed E-state index contributed by atoms with van der Waals surface area (Å²) in [6, 6.07) is 13.9. The van der Waals surface area contributed by atoms with Gasteiger partial charge < -0.3 is 5.32 Å². The van der Waals surface area contributed by atoms with Gasteiger partial charge in [0.2, 0.25) is 5.91 Å². The zero-order valence-corrected chi connectivity index (χ0v) is 18.4. The zero-order chi connectivity index (χ0) is 20.7. The molecule has 0 heterocycles. The van der Waals surface area contributed by atoms with Crippen LogP contribution < -0.4 is 9.62 Å². The van der Waals surface area contributed by atoms with E-state index in [1.54, 1.807) is 48.2 Å². The molecule has 152 valence electrons. The number of rotatable bonds is 9. The van der Waals surface area contributed by atoms with Crippen LogP contribution in [0.3, 0.4) is 0 Å². The van der Waals surface area contributed by atoms with Crippen LogP contribution in [-0.2, 0) is 14.8 Å². The van der Waals surface area contributed by atoms with E-state index in [4.69, 9.17) is 0 Å². The van der Waals surface area contributed by atoms with Gasteiger partial charge in [0.05, 0.1) is 10.6 Å². The van der Waals surface area contributed by atoms with Crippen LogP contribution in [-0.4, -0.2) is 33.2 Å². The third kappa shape index (κ3) is 5.52. The number of sulfonamides is 1. The van der Waals surface area contributed by atoms with E-state index in [2.05, 4.69) is 5.32 Å². The quantitative estimate of drug-likeness (QED) is 0.617. The molecule has 28 heavy (non-hydrogen) atoms. The number of carbonyl (C=O) groups is 1. The van der Waals surface area contributed by atoms with E-state index in [0.29, 0.717) is 5.69 Å². The first-order valence-electron chi connectivity index (χ1n) is 9.34. The molecule has 2 aromatic carbocycles. The minimum Gasteiger partial charge on any atom is -0.352 e. The van der Waals surface area contributed by atoms with Gasteiger partial charge in [-0.2, -0.15) is 0 Å². The van der Waals surface area contributed by atoms with Crippen molar-refractivity contribution in [2.75, 3.05) is 17.1 Å². The normalized spacial score (nSPS) is 11.5. The second kappa shape index (κ2) is 9.98. The van der Waals surface area contributed by atoms with Crippen molar-refractivity contribution < 1.29 is 13.2 Å². The molecule has 0 atom stereocenters. The predicted octanol–water partition coefficient (Wildman–Crippen LogP) is 4.22. The minimum atomic E-state index is -3.87. The second-order valence-corrected chi connectivity index (χ2v) is 9.35. The Balaban J connectivity index is 2.39. The molecule has 0 aromatic heterocycles. The molecule has 2 rings (SSSR count). The summed E-state index contributed by atoms with van der Waals surface area (Å²) in [4.78, 5) is 13.7. The number of amides is 1. The lowest BCUT2D eigenvalue weighted by Crippen LogP contribution is -2.44. The number of thioether (sulfide) groups is 1. The van der Waals surface area contributed by atoms with Crippen LogP contribution in [0.5, 0.6) is 0 Å². The lowest BCUT2D eigenvalue weighted by atomic mass is 10.2. The molecule has 0 bridgehead atoms. The third-order valence-electron chi connectivity index (χ3n) is 4.61. The molecule has 0 radical (unpaired) electrons. The summed E-state index contributed by atoms with van der Waals surface area (Å²) in [6.45, 7) is 5.67. The molecule has 0 aliphatic carbocycles. The number of nitrogens with zero attached hydrogens (tertiary/aromatic N) is 1. The Bertz CT molecular complexity index is 875. The van der Waals surface area contributed by atoms with Crippen LogP contribution >= 0.6 is 11.8 Å². The highest BCUT2D eigenvalue weighted by Gasteiger charge is 2.27. The Morgan fingerprint density at radius 1 is 1.04 bits per heavy atom. The highest BCUT2D eigenvalue weighted by atomic mass is 32.2. The van der Waals surface area contributed by atoms with E-state index in [1.807, 2.05) is 39.2 Å². The molecule has 0 aliphatic rings. The van der Waals surface area contributed by atoms with Crippen molar-refractivity contribution in [2.45, 2.75) is 49.4 Å². The summed E-state index contributed by atoms with van der Waals surface area (Å²) in [5.74, 6) is -0.307. The van der Waals surface area contributed by atoms with E-state index < -0.39 is 10.0 Å². The summed E-state index contributed by atoms with van der Waals surface area (Å²) < 4.78 is 27.8. The predicted molar refractivity (Wildman–Crippen MR) is 116 cm³/mol. The summed E-state index contributed by atoms with van der Waals surface area (Å²) >= 11 is 1.54. The van der Waals surface area contributed by atoms with Crippen LogP contribution in [0.1, 0.15) is 32.3 Å². The molecular weight excluding hydrogens is 392 g/mol. The molecule has 0 fully saturated rings. The highest BCUT2D eigenvalue weighted by molar-refractivity contribution is 7.98. The topological polar surface area (TPSA) is 66.5 Å². The molecule has 5 nitrogen and oxygen atoms in total. The molecule has 2 aromatic rings. The Morgan fingerprint density at radius 2 is 1.61 bits per heavy atom. The van der Waals surface area contributed by atoms with E-state index in [1.165, 1.54) is 4.31 Å². The van der Waals surface area contributed by atoms with E-state index in [0.717, 1.165) is 23.3 Å². The first-order valence-corrected chi connectivity index (χ1v) is 12.0. The van der Waals surface area contributed by atoms with E-state index >= 15 is 0 Å². The fourth-order valence-corrected chi connectivity index (χ4v) is 4.63. The SMILES string of the molecule is CCC(CC)NC(=O)CN(c1ccc(C)cc1)S(=O)(=O)c1ccc(SC)cc1. The van der Waals surface area contributed by atoms with Crippen LogP contribution in [0.4, 0.5) is 5.69 Å². The maximum atomic E-state index is 13.3. The molecular formula is C21H28N2O3S2. The highest BCUT2D eigenvalue weighted by Crippen LogP contribution is 2.25. The lowest BCUT2D eigenvalue weighted by Gasteiger charge is -2.25. The maximum absolute atomic E-state index is 13.3. The first kappa shape index (κ1) is 22.3. The van der Waals surface area contributed by atoms with Crippen molar-refractivity contribution in [2.24, 2.45) is 0 Å². The van der Waals surface area contributed by atoms with Crippen molar-refractivity contribution in [3.05, 3.63) is 54.1 Å². The standard InChI is InChI=1S/C21H28N2O3S2/c1-5-17(6-2)22-21(24)15-23(18-9-7-16(3)8-10-18)28(25,26)20-13-11-19(27-4)12-14-20/h7-14,17H,5-6,15H2,1-4H3,(H,22,24). The summed E-state index contributed by atoms with van der Waals surface area (Å²) in [7, 11) is -3.87. The largest absolute Gasteiger partial charge is 0.352 e. The van der Waals surface area contributed by atoms with Crippen LogP contribution in [0.25, 0.3) is 0 Å². The number of anilines is 1. The second-order valence-electron chi connectivity index (χ2n) is 6.60. The molecule has 0 unspecified atom stereocenters.